The smallest absolute Gasteiger partial charge is 0.255 e. The summed E-state index contributed by atoms with van der Waals surface area (Å²) in [4.78, 5) is 15.1. The van der Waals surface area contributed by atoms with Crippen molar-refractivity contribution in [3.63, 3.8) is 0 Å². The van der Waals surface area contributed by atoms with Gasteiger partial charge in [-0.15, -0.1) is 0 Å². The molecule has 46 heavy (non-hydrogen) atoms. The highest BCUT2D eigenvalue weighted by Crippen LogP contribution is 2.39. The second kappa shape index (κ2) is 20.3. The fourth-order valence-corrected chi connectivity index (χ4v) is 4.55. The van der Waals surface area contributed by atoms with Crippen LogP contribution in [0, 0.1) is 6.92 Å². The van der Waals surface area contributed by atoms with Crippen molar-refractivity contribution >= 4 is 34.9 Å². The summed E-state index contributed by atoms with van der Waals surface area (Å²) >= 11 is 1.48. The number of ether oxygens (including phenoxy) is 1. The van der Waals surface area contributed by atoms with E-state index in [9.17, 15) is 4.79 Å². The molecule has 8 nitrogen and oxygen atoms in total. The van der Waals surface area contributed by atoms with Crippen LogP contribution < -0.4 is 31.3 Å². The molecule has 0 radical (unpaired) electrons. The van der Waals surface area contributed by atoms with Crippen molar-refractivity contribution in [1.82, 2.24) is 5.01 Å². The van der Waals surface area contributed by atoms with Crippen LogP contribution in [0.2, 0.25) is 0 Å². The number of hydrazine groups is 1. The summed E-state index contributed by atoms with van der Waals surface area (Å²) in [6.45, 7) is 24.3. The lowest BCUT2D eigenvalue weighted by Gasteiger charge is -2.24. The molecule has 2 rings (SSSR count). The average Bonchev–Trinajstić information content (AvgIpc) is 2.99. The largest absolute Gasteiger partial charge is 0.492 e. The molecule has 0 aliphatic heterocycles. The predicted octanol–water partition coefficient (Wildman–Crippen LogP) is 9.48. The average molecular weight is 653 g/mol. The highest BCUT2D eigenvalue weighted by molar-refractivity contribution is 7.99. The third kappa shape index (κ3) is 12.9. The van der Waals surface area contributed by atoms with Gasteiger partial charge in [-0.3, -0.25) is 9.80 Å². The molecule has 0 aliphatic rings. The van der Waals surface area contributed by atoms with Crippen molar-refractivity contribution in [2.24, 2.45) is 11.6 Å². The SMILES string of the molecule is C/C=C\C(=C/C)N(N)C(C)=C(C)C.CC.COc1c(NSC)cc(C(C)(C)C)cc1NC(=O)c1ccc(C)c(N(C)/C=C(/C)N)c1. The van der Waals surface area contributed by atoms with Gasteiger partial charge >= 0.3 is 0 Å². The van der Waals surface area contributed by atoms with Crippen LogP contribution in [0.1, 0.15) is 97.6 Å². The predicted molar refractivity (Wildman–Crippen MR) is 204 cm³/mol. The van der Waals surface area contributed by atoms with Crippen LogP contribution in [-0.4, -0.2) is 31.3 Å². The topological polar surface area (TPSA) is 109 Å². The molecule has 2 aromatic carbocycles. The Labute approximate surface area is 284 Å². The molecule has 0 aliphatic carbocycles. The zero-order valence-corrected chi connectivity index (χ0v) is 31.8. The molecule has 1 amide bonds. The minimum atomic E-state index is -0.206. The number of nitrogens with one attached hydrogen (secondary N) is 2. The summed E-state index contributed by atoms with van der Waals surface area (Å²) in [6.07, 6.45) is 9.75. The van der Waals surface area contributed by atoms with Gasteiger partial charge in [-0.2, -0.15) is 0 Å². The van der Waals surface area contributed by atoms with Gasteiger partial charge in [-0.1, -0.05) is 70.4 Å². The number of nitrogens with two attached hydrogens (primary N) is 2. The molecule has 9 heteroatoms. The molecule has 0 saturated heterocycles. The summed E-state index contributed by atoms with van der Waals surface area (Å²) in [5.74, 6) is 6.31. The van der Waals surface area contributed by atoms with Crippen LogP contribution >= 0.6 is 11.9 Å². The van der Waals surface area contributed by atoms with E-state index in [1.807, 2.05) is 115 Å². The number of benzene rings is 2. The fourth-order valence-electron chi connectivity index (χ4n) is 4.18. The van der Waals surface area contributed by atoms with Gasteiger partial charge in [0.15, 0.2) is 5.75 Å². The molecule has 0 aromatic heterocycles. The number of aryl methyl sites for hydroxylation is 1. The van der Waals surface area contributed by atoms with Crippen LogP contribution in [0.25, 0.3) is 0 Å². The van der Waals surface area contributed by atoms with Crippen molar-refractivity contribution in [3.05, 3.63) is 94.1 Å². The lowest BCUT2D eigenvalue weighted by molar-refractivity contribution is 0.102. The first-order valence-electron chi connectivity index (χ1n) is 15.6. The summed E-state index contributed by atoms with van der Waals surface area (Å²) in [5.41, 5.74) is 14.8. The van der Waals surface area contributed by atoms with E-state index in [1.54, 1.807) is 12.1 Å². The summed E-state index contributed by atoms with van der Waals surface area (Å²) in [5, 5.41) is 4.75. The minimum absolute atomic E-state index is 0.0905. The summed E-state index contributed by atoms with van der Waals surface area (Å²) in [7, 11) is 3.52. The Hall–Kier alpha value is -3.82. The second-order valence-corrected chi connectivity index (χ2v) is 12.4. The van der Waals surface area contributed by atoms with E-state index >= 15 is 0 Å². The Kier molecular flexibility index (Phi) is 18.6. The number of hydrogen-bond donors (Lipinski definition) is 4. The van der Waals surface area contributed by atoms with Crippen LogP contribution in [0.4, 0.5) is 17.1 Å². The van der Waals surface area contributed by atoms with Gasteiger partial charge in [0.1, 0.15) is 0 Å². The maximum Gasteiger partial charge on any atom is 0.255 e. The zero-order chi connectivity index (χ0) is 35.8. The highest BCUT2D eigenvalue weighted by atomic mass is 32.2. The maximum atomic E-state index is 13.2. The first kappa shape index (κ1) is 42.2. The number of hydrogen-bond acceptors (Lipinski definition) is 8. The first-order valence-corrected chi connectivity index (χ1v) is 16.8. The van der Waals surface area contributed by atoms with Gasteiger partial charge in [0, 0.05) is 42.1 Å². The van der Waals surface area contributed by atoms with Gasteiger partial charge in [0.2, 0.25) is 0 Å². The molecule has 256 valence electrons. The lowest BCUT2D eigenvalue weighted by Crippen LogP contribution is -2.28. The van der Waals surface area contributed by atoms with E-state index in [0.717, 1.165) is 33.9 Å². The second-order valence-electron chi connectivity index (χ2n) is 11.8. The molecule has 0 spiro atoms. The van der Waals surface area contributed by atoms with Gasteiger partial charge < -0.3 is 25.4 Å². The first-order chi connectivity index (χ1) is 21.5. The molecule has 0 fully saturated rings. The Bertz CT molecular complexity index is 1400. The Morgan fingerprint density at radius 3 is 2.07 bits per heavy atom. The van der Waals surface area contributed by atoms with Crippen molar-refractivity contribution in [3.8, 4) is 5.75 Å². The Morgan fingerprint density at radius 2 is 1.61 bits per heavy atom. The van der Waals surface area contributed by atoms with Crippen molar-refractivity contribution in [2.75, 3.05) is 35.4 Å². The van der Waals surface area contributed by atoms with Gasteiger partial charge in [0.25, 0.3) is 5.91 Å². The molecule has 0 atom stereocenters. The minimum Gasteiger partial charge on any atom is -0.492 e. The molecule has 2 aromatic rings. The van der Waals surface area contributed by atoms with E-state index < -0.39 is 0 Å². The van der Waals surface area contributed by atoms with Crippen LogP contribution in [0.15, 0.2) is 77.4 Å². The van der Waals surface area contributed by atoms with E-state index in [-0.39, 0.29) is 11.3 Å². The third-order valence-corrected chi connectivity index (χ3v) is 7.29. The van der Waals surface area contributed by atoms with Gasteiger partial charge in [-0.25, -0.2) is 5.84 Å². The molecule has 0 unspecified atom stereocenters. The summed E-state index contributed by atoms with van der Waals surface area (Å²) in [6, 6.07) is 9.66. The number of allylic oxidation sites excluding steroid dienone is 6. The lowest BCUT2D eigenvalue weighted by atomic mass is 9.86. The monoisotopic (exact) mass is 652 g/mol. The summed E-state index contributed by atoms with van der Waals surface area (Å²) < 4.78 is 8.90. The van der Waals surface area contributed by atoms with Crippen molar-refractivity contribution in [2.45, 2.75) is 88.5 Å². The van der Waals surface area contributed by atoms with Gasteiger partial charge in [0.05, 0.1) is 24.2 Å². The zero-order valence-electron chi connectivity index (χ0n) is 31.0. The van der Waals surface area contributed by atoms with E-state index in [2.05, 4.69) is 50.7 Å². The standard InChI is InChI=1S/C24H34N4O2S.C11H20N2.C2H6/c1-15-9-10-17(11-21(15)28(6)14-16(2)25)23(29)26-19-12-18(24(3,4)5)13-20(27-31-8)22(19)30-7;1-6-8-11(7-2)13(12)10(5)9(3)4;1-2/h9-14,27H,25H2,1-8H3,(H,26,29);6-8H,12H2,1-5H3;1-2H3/b16-14-;8-6-,11-7+;. The van der Waals surface area contributed by atoms with Crippen molar-refractivity contribution < 1.29 is 9.53 Å². The molecular weight excluding hydrogens is 593 g/mol. The molecule has 0 heterocycles. The van der Waals surface area contributed by atoms with Crippen LogP contribution in [-0.2, 0) is 5.41 Å². The molecule has 0 bridgehead atoms. The Balaban J connectivity index is 0.00000113. The molecular formula is C37H60N6O2S. The number of carbonyl (C=O) groups is 1. The van der Waals surface area contributed by atoms with Gasteiger partial charge in [-0.05, 0) is 95.3 Å². The van der Waals surface area contributed by atoms with E-state index in [1.165, 1.54) is 17.5 Å². The number of rotatable bonds is 10. The van der Waals surface area contributed by atoms with Crippen LogP contribution in [0.5, 0.6) is 5.75 Å². The molecule has 0 saturated carbocycles. The number of methoxy groups -OCH3 is 1. The molecule has 6 N–H and O–H groups in total. The highest BCUT2D eigenvalue weighted by Gasteiger charge is 2.21. The van der Waals surface area contributed by atoms with Crippen molar-refractivity contribution in [1.29, 1.82) is 0 Å². The normalized spacial score (nSPS) is 11.5. The maximum absolute atomic E-state index is 13.2. The number of amides is 1. The van der Waals surface area contributed by atoms with E-state index in [4.69, 9.17) is 16.3 Å². The number of carbonyl (C=O) groups excluding carboxylic acids is 1. The quantitative estimate of drug-likeness (QED) is 0.0870. The Morgan fingerprint density at radius 1 is 1.02 bits per heavy atom. The third-order valence-electron chi connectivity index (χ3n) is 6.86. The van der Waals surface area contributed by atoms with E-state index in [0.29, 0.717) is 22.7 Å². The number of anilines is 3. The number of nitrogens with zero attached hydrogens (tertiary/aromatic N) is 2. The van der Waals surface area contributed by atoms with Crippen LogP contribution in [0.3, 0.4) is 0 Å². The fraction of sp³-hybridized carbons (Fsp3) is 0.432.